The second-order valence-corrected chi connectivity index (χ2v) is 7.32. The van der Waals surface area contributed by atoms with Crippen molar-refractivity contribution in [3.8, 4) is 0 Å². The predicted octanol–water partition coefficient (Wildman–Crippen LogP) is 2.45. The van der Waals surface area contributed by atoms with E-state index in [-0.39, 0.29) is 6.61 Å². The first-order chi connectivity index (χ1) is 12.7. The van der Waals surface area contributed by atoms with Crippen LogP contribution in [0.2, 0.25) is 0 Å². The Bertz CT molecular complexity index is 897. The van der Waals surface area contributed by atoms with E-state index in [9.17, 15) is 0 Å². The molecule has 1 saturated heterocycles. The molecule has 4 rings (SSSR count). The van der Waals surface area contributed by atoms with Crippen molar-refractivity contribution >= 4 is 11.0 Å². The summed E-state index contributed by atoms with van der Waals surface area (Å²) in [7, 11) is 2.13. The Morgan fingerprint density at radius 2 is 2.12 bits per heavy atom. The molecule has 6 nitrogen and oxygen atoms in total. The molecule has 6 heteroatoms. The molecule has 0 spiro atoms. The van der Waals surface area contributed by atoms with E-state index in [1.165, 1.54) is 29.7 Å². The lowest BCUT2D eigenvalue weighted by Gasteiger charge is -2.32. The van der Waals surface area contributed by atoms with E-state index in [1.54, 1.807) is 0 Å². The molecule has 1 N–H and O–H groups in total. The fraction of sp³-hybridized carbons (Fsp3) is 0.500. The van der Waals surface area contributed by atoms with Crippen LogP contribution < -0.4 is 0 Å². The van der Waals surface area contributed by atoms with Crippen LogP contribution in [0.25, 0.3) is 11.0 Å². The van der Waals surface area contributed by atoms with Crippen LogP contribution in [0.15, 0.2) is 30.5 Å². The van der Waals surface area contributed by atoms with Gasteiger partial charge in [-0.3, -0.25) is 9.58 Å². The third kappa shape index (κ3) is 3.27. The number of aromatic nitrogens is 4. The summed E-state index contributed by atoms with van der Waals surface area (Å²) in [5.74, 6) is 1.66. The van der Waals surface area contributed by atoms with Gasteiger partial charge in [0, 0.05) is 37.8 Å². The summed E-state index contributed by atoms with van der Waals surface area (Å²) < 4.78 is 4.10. The van der Waals surface area contributed by atoms with Crippen LogP contribution in [0.1, 0.15) is 35.8 Å². The SMILES string of the molecule is Cc1nn(CCO)cc1CN1CCC[C@@H](c2nc3ccccc3n2C)C1. The van der Waals surface area contributed by atoms with E-state index < -0.39 is 0 Å². The Labute approximate surface area is 154 Å². The van der Waals surface area contributed by atoms with Gasteiger partial charge < -0.3 is 9.67 Å². The van der Waals surface area contributed by atoms with Gasteiger partial charge in [0.05, 0.1) is 29.9 Å². The molecule has 0 saturated carbocycles. The molecule has 1 aromatic carbocycles. The third-order valence-corrected chi connectivity index (χ3v) is 5.46. The van der Waals surface area contributed by atoms with E-state index in [4.69, 9.17) is 10.1 Å². The monoisotopic (exact) mass is 353 g/mol. The number of likely N-dealkylation sites (tertiary alicyclic amines) is 1. The van der Waals surface area contributed by atoms with Gasteiger partial charge in [-0.1, -0.05) is 12.1 Å². The van der Waals surface area contributed by atoms with Crippen LogP contribution in [0.3, 0.4) is 0 Å². The summed E-state index contributed by atoms with van der Waals surface area (Å²) in [6.45, 7) is 5.79. The number of aliphatic hydroxyl groups excluding tert-OH is 1. The molecule has 0 radical (unpaired) electrons. The Kier molecular flexibility index (Phi) is 4.78. The van der Waals surface area contributed by atoms with Gasteiger partial charge >= 0.3 is 0 Å². The number of para-hydroxylation sites is 2. The largest absolute Gasteiger partial charge is 0.394 e. The molecule has 0 amide bonds. The van der Waals surface area contributed by atoms with Crippen molar-refractivity contribution in [2.45, 2.75) is 38.8 Å². The lowest BCUT2D eigenvalue weighted by Crippen LogP contribution is -2.34. The highest BCUT2D eigenvalue weighted by Gasteiger charge is 2.26. The fourth-order valence-corrected chi connectivity index (χ4v) is 4.11. The van der Waals surface area contributed by atoms with E-state index in [1.807, 2.05) is 4.68 Å². The number of piperidine rings is 1. The Morgan fingerprint density at radius 1 is 1.27 bits per heavy atom. The van der Waals surface area contributed by atoms with Gasteiger partial charge in [-0.15, -0.1) is 0 Å². The van der Waals surface area contributed by atoms with Crippen LogP contribution in [0, 0.1) is 6.92 Å². The number of rotatable bonds is 5. The van der Waals surface area contributed by atoms with Gasteiger partial charge in [0.2, 0.25) is 0 Å². The highest BCUT2D eigenvalue weighted by atomic mass is 16.3. The molecule has 2 aromatic heterocycles. The van der Waals surface area contributed by atoms with Gasteiger partial charge in [-0.05, 0) is 38.4 Å². The smallest absolute Gasteiger partial charge is 0.114 e. The van der Waals surface area contributed by atoms with Crippen molar-refractivity contribution in [1.82, 2.24) is 24.2 Å². The predicted molar refractivity (Wildman–Crippen MR) is 102 cm³/mol. The van der Waals surface area contributed by atoms with Crippen molar-refractivity contribution in [3.63, 3.8) is 0 Å². The van der Waals surface area contributed by atoms with Gasteiger partial charge in [-0.25, -0.2) is 4.98 Å². The maximum absolute atomic E-state index is 9.11. The van der Waals surface area contributed by atoms with Crippen LogP contribution in [-0.4, -0.2) is 49.0 Å². The van der Waals surface area contributed by atoms with Crippen LogP contribution >= 0.6 is 0 Å². The van der Waals surface area contributed by atoms with Crippen molar-refractivity contribution in [2.75, 3.05) is 19.7 Å². The third-order valence-electron chi connectivity index (χ3n) is 5.46. The van der Waals surface area contributed by atoms with Crippen LogP contribution in [0.5, 0.6) is 0 Å². The van der Waals surface area contributed by atoms with Gasteiger partial charge in [-0.2, -0.15) is 5.10 Å². The minimum Gasteiger partial charge on any atom is -0.394 e. The molecule has 0 unspecified atom stereocenters. The average molecular weight is 353 g/mol. The molecule has 138 valence electrons. The molecule has 1 atom stereocenters. The topological polar surface area (TPSA) is 59.1 Å². The van der Waals surface area contributed by atoms with Crippen molar-refractivity contribution < 1.29 is 5.11 Å². The first-order valence-corrected chi connectivity index (χ1v) is 9.43. The summed E-state index contributed by atoms with van der Waals surface area (Å²) >= 11 is 0. The van der Waals surface area contributed by atoms with Gasteiger partial charge in [0.1, 0.15) is 5.82 Å². The molecular formula is C20H27N5O. The Hall–Kier alpha value is -2.18. The fourth-order valence-electron chi connectivity index (χ4n) is 4.11. The van der Waals surface area contributed by atoms with E-state index >= 15 is 0 Å². The minimum atomic E-state index is 0.124. The number of fused-ring (bicyclic) bond motifs is 1. The number of hydrogen-bond donors (Lipinski definition) is 1. The number of aryl methyl sites for hydroxylation is 2. The first kappa shape index (κ1) is 17.2. The highest BCUT2D eigenvalue weighted by Crippen LogP contribution is 2.29. The molecular weight excluding hydrogens is 326 g/mol. The number of aliphatic hydroxyl groups is 1. The van der Waals surface area contributed by atoms with E-state index in [2.05, 4.69) is 59.0 Å². The maximum Gasteiger partial charge on any atom is 0.114 e. The Balaban J connectivity index is 1.51. The molecule has 0 aliphatic carbocycles. The standard InChI is InChI=1S/C20H27N5O/c1-15-17(14-25(22-15)10-11-26)13-24-9-5-6-16(12-24)20-21-18-7-3-4-8-19(18)23(20)2/h3-4,7-8,14,16,26H,5-6,9-13H2,1-2H3/t16-/m1/s1. The average Bonchev–Trinajstić information content (AvgIpc) is 3.16. The maximum atomic E-state index is 9.11. The van der Waals surface area contributed by atoms with E-state index in [0.717, 1.165) is 30.8 Å². The zero-order valence-corrected chi connectivity index (χ0v) is 15.6. The first-order valence-electron chi connectivity index (χ1n) is 9.43. The normalized spacial score (nSPS) is 18.7. The van der Waals surface area contributed by atoms with Crippen LogP contribution in [-0.2, 0) is 20.1 Å². The molecule has 0 bridgehead atoms. The molecule has 1 aliphatic rings. The summed E-state index contributed by atoms with van der Waals surface area (Å²) in [4.78, 5) is 7.43. The van der Waals surface area contributed by atoms with E-state index in [0.29, 0.717) is 12.5 Å². The quantitative estimate of drug-likeness (QED) is 0.765. The zero-order chi connectivity index (χ0) is 18.1. The van der Waals surface area contributed by atoms with Gasteiger partial charge in [0.25, 0.3) is 0 Å². The number of imidazole rings is 1. The zero-order valence-electron chi connectivity index (χ0n) is 15.6. The molecule has 1 aliphatic heterocycles. The Morgan fingerprint density at radius 3 is 2.92 bits per heavy atom. The summed E-state index contributed by atoms with van der Waals surface area (Å²) in [5, 5.41) is 13.6. The molecule has 3 heterocycles. The summed E-state index contributed by atoms with van der Waals surface area (Å²) in [5.41, 5.74) is 4.61. The lowest BCUT2D eigenvalue weighted by atomic mass is 9.96. The summed E-state index contributed by atoms with van der Waals surface area (Å²) in [6.07, 6.45) is 4.46. The van der Waals surface area contributed by atoms with Crippen molar-refractivity contribution in [1.29, 1.82) is 0 Å². The van der Waals surface area contributed by atoms with Crippen molar-refractivity contribution in [2.24, 2.45) is 7.05 Å². The molecule has 26 heavy (non-hydrogen) atoms. The highest BCUT2D eigenvalue weighted by molar-refractivity contribution is 5.75. The van der Waals surface area contributed by atoms with Gasteiger partial charge in [0.15, 0.2) is 0 Å². The molecule has 3 aromatic rings. The lowest BCUT2D eigenvalue weighted by molar-refractivity contribution is 0.195. The minimum absolute atomic E-state index is 0.124. The number of hydrogen-bond acceptors (Lipinski definition) is 4. The second-order valence-electron chi connectivity index (χ2n) is 7.32. The molecule has 1 fully saturated rings. The second kappa shape index (κ2) is 7.21. The number of benzene rings is 1. The van der Waals surface area contributed by atoms with Crippen molar-refractivity contribution in [3.05, 3.63) is 47.5 Å². The van der Waals surface area contributed by atoms with Crippen LogP contribution in [0.4, 0.5) is 0 Å². The number of nitrogens with zero attached hydrogens (tertiary/aromatic N) is 5. The summed E-state index contributed by atoms with van der Waals surface area (Å²) in [6, 6.07) is 8.37.